The van der Waals surface area contributed by atoms with Gasteiger partial charge < -0.3 is 10.0 Å². The van der Waals surface area contributed by atoms with E-state index in [4.69, 9.17) is 0 Å². The van der Waals surface area contributed by atoms with Crippen LogP contribution in [0.15, 0.2) is 24.3 Å². The van der Waals surface area contributed by atoms with Crippen molar-refractivity contribution in [3.8, 4) is 0 Å². The van der Waals surface area contributed by atoms with E-state index in [0.29, 0.717) is 12.0 Å². The molecule has 1 aromatic rings. The van der Waals surface area contributed by atoms with E-state index in [0.717, 1.165) is 37.9 Å². The molecule has 0 radical (unpaired) electrons. The largest absolute Gasteiger partial charge is 0.416 e. The molecule has 2 rings (SSSR count). The normalized spacial score (nSPS) is 19.5. The van der Waals surface area contributed by atoms with Gasteiger partial charge in [0, 0.05) is 12.6 Å². The van der Waals surface area contributed by atoms with Crippen molar-refractivity contribution < 1.29 is 18.3 Å². The van der Waals surface area contributed by atoms with Gasteiger partial charge in [0.1, 0.15) is 0 Å². The van der Waals surface area contributed by atoms with Crippen molar-refractivity contribution in [2.75, 3.05) is 19.7 Å². The van der Waals surface area contributed by atoms with Gasteiger partial charge in [-0.2, -0.15) is 13.2 Å². The maximum atomic E-state index is 12.7. The minimum Gasteiger partial charge on any atom is -0.396 e. The quantitative estimate of drug-likeness (QED) is 0.853. The molecular formula is C19H28F3NO. The zero-order chi connectivity index (χ0) is 18.0. The second-order valence-electron chi connectivity index (χ2n) is 7.67. The van der Waals surface area contributed by atoms with Crippen LogP contribution in [-0.2, 0) is 11.6 Å². The Morgan fingerprint density at radius 3 is 2.04 bits per heavy atom. The number of alkyl halides is 3. The van der Waals surface area contributed by atoms with Crippen LogP contribution in [-0.4, -0.2) is 35.7 Å². The highest BCUT2D eigenvalue weighted by molar-refractivity contribution is 5.29. The van der Waals surface area contributed by atoms with Crippen molar-refractivity contribution in [1.82, 2.24) is 4.90 Å². The first-order chi connectivity index (χ1) is 11.1. The minimum absolute atomic E-state index is 0.183. The van der Waals surface area contributed by atoms with Gasteiger partial charge in [0.2, 0.25) is 0 Å². The van der Waals surface area contributed by atoms with E-state index >= 15 is 0 Å². The molecule has 24 heavy (non-hydrogen) atoms. The molecule has 0 aromatic heterocycles. The molecule has 1 N–H and O–H groups in total. The Hall–Kier alpha value is -1.07. The third kappa shape index (κ3) is 4.73. The molecule has 1 fully saturated rings. The highest BCUT2D eigenvalue weighted by Gasteiger charge is 2.32. The van der Waals surface area contributed by atoms with Gasteiger partial charge in [-0.3, -0.25) is 0 Å². The Balaban J connectivity index is 1.99. The van der Waals surface area contributed by atoms with Gasteiger partial charge >= 0.3 is 6.18 Å². The highest BCUT2D eigenvalue weighted by Crippen LogP contribution is 2.34. The first-order valence-electron chi connectivity index (χ1n) is 8.66. The first-order valence-corrected chi connectivity index (χ1v) is 8.66. The maximum absolute atomic E-state index is 12.7. The number of halogens is 3. The zero-order valence-corrected chi connectivity index (χ0v) is 14.7. The van der Waals surface area contributed by atoms with Gasteiger partial charge in [-0.15, -0.1) is 0 Å². The number of benzene rings is 1. The van der Waals surface area contributed by atoms with E-state index in [1.165, 1.54) is 12.1 Å². The molecule has 1 aliphatic heterocycles. The Bertz CT molecular complexity index is 516. The Morgan fingerprint density at radius 2 is 1.58 bits per heavy atom. The second-order valence-corrected chi connectivity index (χ2v) is 7.67. The number of hydrogen-bond acceptors (Lipinski definition) is 2. The summed E-state index contributed by atoms with van der Waals surface area (Å²) in [6.45, 7) is 8.59. The van der Waals surface area contributed by atoms with Crippen LogP contribution >= 0.6 is 0 Å². The molecule has 0 aliphatic carbocycles. The van der Waals surface area contributed by atoms with Crippen molar-refractivity contribution >= 4 is 0 Å². The molecule has 1 aromatic carbocycles. The predicted octanol–water partition coefficient (Wildman–Crippen LogP) is 4.47. The Kier molecular flexibility index (Phi) is 5.97. The van der Waals surface area contributed by atoms with Crippen LogP contribution in [0.1, 0.15) is 51.2 Å². The summed E-state index contributed by atoms with van der Waals surface area (Å²) in [5.74, 6) is 0.413. The Morgan fingerprint density at radius 1 is 1.08 bits per heavy atom. The van der Waals surface area contributed by atoms with E-state index in [1.807, 2.05) is 0 Å². The number of piperidine rings is 1. The van der Waals surface area contributed by atoms with Gasteiger partial charge in [0.15, 0.2) is 0 Å². The lowest BCUT2D eigenvalue weighted by Crippen LogP contribution is -2.43. The summed E-state index contributed by atoms with van der Waals surface area (Å²) in [5.41, 5.74) is 0.158. The fourth-order valence-corrected chi connectivity index (χ4v) is 3.67. The first kappa shape index (κ1) is 19.3. The van der Waals surface area contributed by atoms with Crippen molar-refractivity contribution in [3.05, 3.63) is 35.4 Å². The lowest BCUT2D eigenvalue weighted by atomic mass is 9.78. The standard InChI is InChI=1S/C19H28F3NO/c1-14(23-10-8-15(13-24)9-11-23)12-18(2,3)16-4-6-17(7-5-16)19(20,21)22/h4-7,14-15,24H,8-13H2,1-3H3. The average Bonchev–Trinajstić information content (AvgIpc) is 2.54. The molecule has 136 valence electrons. The smallest absolute Gasteiger partial charge is 0.396 e. The SMILES string of the molecule is CC(CC(C)(C)c1ccc(C(F)(F)F)cc1)N1CCC(CO)CC1. The molecule has 0 bridgehead atoms. The van der Waals surface area contributed by atoms with Crippen molar-refractivity contribution in [2.24, 2.45) is 5.92 Å². The molecular weight excluding hydrogens is 315 g/mol. The summed E-state index contributed by atoms with van der Waals surface area (Å²) >= 11 is 0. The van der Waals surface area contributed by atoms with Crippen LogP contribution in [0.25, 0.3) is 0 Å². The predicted molar refractivity (Wildman–Crippen MR) is 89.9 cm³/mol. The topological polar surface area (TPSA) is 23.5 Å². The second kappa shape index (κ2) is 7.44. The molecule has 2 nitrogen and oxygen atoms in total. The van der Waals surface area contributed by atoms with E-state index in [1.54, 1.807) is 12.1 Å². The zero-order valence-electron chi connectivity index (χ0n) is 14.7. The van der Waals surface area contributed by atoms with E-state index in [-0.39, 0.29) is 12.0 Å². The summed E-state index contributed by atoms with van der Waals surface area (Å²) < 4.78 is 38.1. The number of aliphatic hydroxyl groups is 1. The number of likely N-dealkylation sites (tertiary alicyclic amines) is 1. The molecule has 1 aliphatic rings. The molecule has 1 unspecified atom stereocenters. The fourth-order valence-electron chi connectivity index (χ4n) is 3.67. The Labute approximate surface area is 142 Å². The molecule has 5 heteroatoms. The van der Waals surface area contributed by atoms with Gasteiger partial charge in [0.25, 0.3) is 0 Å². The number of aliphatic hydroxyl groups excluding tert-OH is 1. The molecule has 1 atom stereocenters. The summed E-state index contributed by atoms with van der Waals surface area (Å²) in [5, 5.41) is 9.23. The summed E-state index contributed by atoms with van der Waals surface area (Å²) in [6.07, 6.45) is -1.36. The van der Waals surface area contributed by atoms with E-state index in [2.05, 4.69) is 25.7 Å². The molecule has 0 spiro atoms. The third-order valence-corrected chi connectivity index (χ3v) is 5.33. The van der Waals surface area contributed by atoms with Crippen LogP contribution in [0, 0.1) is 5.92 Å². The van der Waals surface area contributed by atoms with Crippen LogP contribution in [0.4, 0.5) is 13.2 Å². The number of nitrogens with zero attached hydrogens (tertiary/aromatic N) is 1. The average molecular weight is 343 g/mol. The summed E-state index contributed by atoms with van der Waals surface area (Å²) in [6, 6.07) is 5.92. The maximum Gasteiger partial charge on any atom is 0.416 e. The lowest BCUT2D eigenvalue weighted by molar-refractivity contribution is -0.137. The number of rotatable bonds is 5. The van der Waals surface area contributed by atoms with Crippen molar-refractivity contribution in [1.29, 1.82) is 0 Å². The van der Waals surface area contributed by atoms with Crippen LogP contribution in [0.3, 0.4) is 0 Å². The molecule has 0 amide bonds. The van der Waals surface area contributed by atoms with Gasteiger partial charge in [-0.25, -0.2) is 0 Å². The number of hydrogen-bond donors (Lipinski definition) is 1. The van der Waals surface area contributed by atoms with Crippen molar-refractivity contribution in [2.45, 2.75) is 57.7 Å². The highest BCUT2D eigenvalue weighted by atomic mass is 19.4. The fraction of sp³-hybridized carbons (Fsp3) is 0.684. The van der Waals surface area contributed by atoms with E-state index in [9.17, 15) is 18.3 Å². The van der Waals surface area contributed by atoms with Crippen LogP contribution < -0.4 is 0 Å². The van der Waals surface area contributed by atoms with Gasteiger partial charge in [-0.05, 0) is 68.3 Å². The summed E-state index contributed by atoms with van der Waals surface area (Å²) in [7, 11) is 0. The van der Waals surface area contributed by atoms with Gasteiger partial charge in [-0.1, -0.05) is 26.0 Å². The third-order valence-electron chi connectivity index (χ3n) is 5.33. The monoisotopic (exact) mass is 343 g/mol. The molecule has 0 saturated carbocycles. The van der Waals surface area contributed by atoms with Crippen LogP contribution in [0.2, 0.25) is 0 Å². The molecule has 1 saturated heterocycles. The van der Waals surface area contributed by atoms with Gasteiger partial charge in [0.05, 0.1) is 5.56 Å². The minimum atomic E-state index is -4.28. The lowest BCUT2D eigenvalue weighted by Gasteiger charge is -2.39. The summed E-state index contributed by atoms with van der Waals surface area (Å²) in [4.78, 5) is 2.43. The van der Waals surface area contributed by atoms with E-state index < -0.39 is 11.7 Å². The van der Waals surface area contributed by atoms with Crippen LogP contribution in [0.5, 0.6) is 0 Å². The van der Waals surface area contributed by atoms with Crippen molar-refractivity contribution in [3.63, 3.8) is 0 Å². The molecule has 1 heterocycles.